The molecule has 1 aromatic rings. The Morgan fingerprint density at radius 1 is 0.917 bits per heavy atom. The Balaban J connectivity index is 0.000000723. The molecule has 18 heteroatoms. The van der Waals surface area contributed by atoms with Crippen LogP contribution in [-0.4, -0.2) is 58.0 Å². The lowest BCUT2D eigenvalue weighted by Gasteiger charge is -2.23. The molecule has 1 unspecified atom stereocenters. The van der Waals surface area contributed by atoms with Gasteiger partial charge in [0.15, 0.2) is 31.9 Å². The number of sulfonamides is 2. The molecule has 1 aromatic heterocycles. The van der Waals surface area contributed by atoms with Gasteiger partial charge >= 0.3 is 19.8 Å². The topological polar surface area (TPSA) is 114 Å². The summed E-state index contributed by atoms with van der Waals surface area (Å²) < 4.78 is 128. The molecule has 0 saturated carbocycles. The lowest BCUT2D eigenvalue weighted by Crippen LogP contribution is -2.43. The van der Waals surface area contributed by atoms with Crippen LogP contribution in [0, 0.1) is 0 Å². The van der Waals surface area contributed by atoms with Crippen molar-refractivity contribution in [3.05, 3.63) is 34.2 Å². The summed E-state index contributed by atoms with van der Waals surface area (Å²) in [6.07, 6.45) is 5.48. The van der Waals surface area contributed by atoms with Gasteiger partial charge in [0, 0.05) is 51.8 Å². The van der Waals surface area contributed by atoms with Crippen molar-refractivity contribution in [2.45, 2.75) is 62.6 Å². The zero-order valence-electron chi connectivity index (χ0n) is 20.3. The van der Waals surface area contributed by atoms with Gasteiger partial charge in [0.2, 0.25) is 0 Å². The summed E-state index contributed by atoms with van der Waals surface area (Å²) >= 11 is 0. The average Bonchev–Trinajstić information content (AvgIpc) is 2.78. The Morgan fingerprint density at radius 3 is 1.78 bits per heavy atom. The molecule has 0 aromatic carbocycles. The number of aryl methyl sites for hydroxylation is 1. The fourth-order valence-corrected chi connectivity index (χ4v) is 6.25. The first-order valence-electron chi connectivity index (χ1n) is 10.3. The van der Waals surface area contributed by atoms with E-state index in [0.717, 1.165) is 36.0 Å². The Bertz CT molecular complexity index is 967. The monoisotopic (exact) mass is 592 g/mol. The summed E-state index contributed by atoms with van der Waals surface area (Å²) in [6, 6.07) is 7.32. The minimum absolute atomic E-state index is 0.594. The normalized spacial score (nSPS) is 14.2. The fraction of sp³-hybridized carbons (Fsp3) is 0.722. The van der Waals surface area contributed by atoms with Crippen molar-refractivity contribution in [3.8, 4) is 0 Å². The van der Waals surface area contributed by atoms with Crippen molar-refractivity contribution in [2.24, 2.45) is 0 Å². The molecular formula is C18H30F6N2O7S2Si. The number of alkyl halides is 6. The third-order valence-electron chi connectivity index (χ3n) is 4.94. The maximum Gasteiger partial charge on any atom is 0.500 e. The predicted molar refractivity (Wildman–Crippen MR) is 119 cm³/mol. The van der Waals surface area contributed by atoms with E-state index in [1.807, 2.05) is 0 Å². The first-order valence-corrected chi connectivity index (χ1v) is 15.1. The summed E-state index contributed by atoms with van der Waals surface area (Å²) in [4.78, 5) is 0. The summed E-state index contributed by atoms with van der Waals surface area (Å²) in [5.74, 6) is 0.594. The highest BCUT2D eigenvalue weighted by atomic mass is 32.3. The maximum absolute atomic E-state index is 11.4. The van der Waals surface area contributed by atoms with Crippen LogP contribution in [0.2, 0.25) is 6.04 Å². The molecule has 1 rings (SSSR count). The number of rotatable bonds is 12. The van der Waals surface area contributed by atoms with E-state index in [-0.39, 0.29) is 0 Å². The molecular weight excluding hydrogens is 562 g/mol. The van der Waals surface area contributed by atoms with Gasteiger partial charge in [0.05, 0.1) is 0 Å². The van der Waals surface area contributed by atoms with E-state index < -0.39 is 39.9 Å². The van der Waals surface area contributed by atoms with Gasteiger partial charge in [0.25, 0.3) is 0 Å². The van der Waals surface area contributed by atoms with Crippen molar-refractivity contribution in [3.63, 3.8) is 0 Å². The van der Waals surface area contributed by atoms with Gasteiger partial charge in [-0.05, 0) is 12.8 Å². The molecule has 0 spiro atoms. The van der Waals surface area contributed by atoms with Crippen molar-refractivity contribution in [2.75, 3.05) is 21.3 Å². The number of aromatic nitrogens is 1. The van der Waals surface area contributed by atoms with Crippen LogP contribution in [0.5, 0.6) is 0 Å². The van der Waals surface area contributed by atoms with E-state index in [1.165, 1.54) is 5.69 Å². The molecule has 1 heterocycles. The second-order valence-electron chi connectivity index (χ2n) is 7.30. The molecule has 9 nitrogen and oxygen atoms in total. The van der Waals surface area contributed by atoms with Crippen molar-refractivity contribution < 1.29 is 61.0 Å². The van der Waals surface area contributed by atoms with Gasteiger partial charge < -0.3 is 17.4 Å². The summed E-state index contributed by atoms with van der Waals surface area (Å²) in [6.45, 7) is 5.55. The van der Waals surface area contributed by atoms with E-state index in [9.17, 15) is 43.2 Å². The van der Waals surface area contributed by atoms with E-state index in [4.69, 9.17) is 13.3 Å². The van der Waals surface area contributed by atoms with Crippen LogP contribution in [0.25, 0.3) is 4.13 Å². The zero-order chi connectivity index (χ0) is 28.4. The number of hydrogen-bond donors (Lipinski definition) is 0. The van der Waals surface area contributed by atoms with Crippen molar-refractivity contribution in [1.82, 2.24) is 0 Å². The Hall–Kier alpha value is -1.31. The van der Waals surface area contributed by atoms with Gasteiger partial charge in [-0.1, -0.05) is 19.9 Å². The minimum atomic E-state index is -6.72. The Kier molecular flexibility index (Phi) is 13.5. The number of nitrogens with zero attached hydrogens (tertiary/aromatic N) is 2. The smallest absolute Gasteiger partial charge is 0.421 e. The largest absolute Gasteiger partial charge is 0.500 e. The molecule has 0 aliphatic carbocycles. The van der Waals surface area contributed by atoms with Crippen LogP contribution in [0.1, 0.15) is 44.7 Å². The molecule has 1 atom stereocenters. The van der Waals surface area contributed by atoms with E-state index in [2.05, 4.69) is 42.8 Å². The van der Waals surface area contributed by atoms with Crippen molar-refractivity contribution >= 4 is 28.9 Å². The van der Waals surface area contributed by atoms with Crippen LogP contribution in [0.3, 0.4) is 0 Å². The maximum atomic E-state index is 11.4. The zero-order valence-corrected chi connectivity index (χ0v) is 22.9. The van der Waals surface area contributed by atoms with Crippen LogP contribution in [0.15, 0.2) is 24.4 Å². The van der Waals surface area contributed by atoms with Gasteiger partial charge in [-0.2, -0.15) is 26.3 Å². The van der Waals surface area contributed by atoms with Gasteiger partial charge in [0.1, 0.15) is 6.54 Å². The highest BCUT2D eigenvalue weighted by molar-refractivity contribution is 8.13. The standard InChI is InChI=1S/C16H30NO3Si.C2F6NO4S2/c1-6-15(2)16-11-7-8-12-17(16)13-9-10-14-21(18-3,19-4)20-5;3-1(4,5)14(10,11)9-15(12,13)2(6,7)8/h7-8,11-12,15H,6,9-10,13-14H2,1-5H3;/q+1;-1. The quantitative estimate of drug-likeness (QED) is 0.155. The predicted octanol–water partition coefficient (Wildman–Crippen LogP) is 4.21. The highest BCUT2D eigenvalue weighted by Gasteiger charge is 2.47. The van der Waals surface area contributed by atoms with Gasteiger partial charge in [-0.3, -0.25) is 0 Å². The molecule has 0 aliphatic rings. The molecule has 0 fully saturated rings. The third kappa shape index (κ3) is 10.2. The molecule has 36 heavy (non-hydrogen) atoms. The first kappa shape index (κ1) is 34.7. The minimum Gasteiger partial charge on any atom is -0.421 e. The van der Waals surface area contributed by atoms with E-state index in [0.29, 0.717) is 5.92 Å². The second kappa shape index (κ2) is 14.0. The highest BCUT2D eigenvalue weighted by Crippen LogP contribution is 2.36. The van der Waals surface area contributed by atoms with Crippen LogP contribution in [-0.2, 0) is 39.9 Å². The Morgan fingerprint density at radius 2 is 1.39 bits per heavy atom. The molecule has 0 amide bonds. The summed E-state index contributed by atoms with van der Waals surface area (Å²) in [5.41, 5.74) is -11.0. The Labute approximate surface area is 208 Å². The number of halogens is 6. The molecule has 0 bridgehead atoms. The van der Waals surface area contributed by atoms with E-state index in [1.54, 1.807) is 21.3 Å². The van der Waals surface area contributed by atoms with Crippen LogP contribution >= 0.6 is 0 Å². The van der Waals surface area contributed by atoms with Crippen molar-refractivity contribution in [1.29, 1.82) is 0 Å². The molecule has 0 aliphatic heterocycles. The first-order chi connectivity index (χ1) is 16.3. The van der Waals surface area contributed by atoms with Crippen LogP contribution in [0.4, 0.5) is 26.3 Å². The number of pyridine rings is 1. The van der Waals surface area contributed by atoms with E-state index >= 15 is 0 Å². The van der Waals surface area contributed by atoms with Crippen LogP contribution < -0.4 is 4.57 Å². The van der Waals surface area contributed by atoms with Gasteiger partial charge in [-0.15, -0.1) is 0 Å². The lowest BCUT2D eigenvalue weighted by atomic mass is 10.0. The third-order valence-corrected chi connectivity index (χ3v) is 10.5. The number of hydrogen-bond acceptors (Lipinski definition) is 7. The molecule has 212 valence electrons. The van der Waals surface area contributed by atoms with Gasteiger partial charge in [-0.25, -0.2) is 21.4 Å². The average molecular weight is 593 g/mol. The fourth-order valence-electron chi connectivity index (χ4n) is 2.74. The number of unbranched alkanes of at least 4 members (excludes halogenated alkanes) is 1. The SMILES string of the molecule is CCC(C)c1cccc[n+]1CCCC[Si](OC)(OC)OC.O=S(=O)([N-]S(=O)(=O)C(F)(F)F)C(F)(F)F. The molecule has 0 N–H and O–H groups in total. The summed E-state index contributed by atoms with van der Waals surface area (Å²) in [7, 11) is -10.8. The molecule has 0 saturated heterocycles. The summed E-state index contributed by atoms with van der Waals surface area (Å²) in [5, 5.41) is 0. The lowest BCUT2D eigenvalue weighted by molar-refractivity contribution is -0.705. The molecule has 0 radical (unpaired) electrons. The second-order valence-corrected chi connectivity index (χ2v) is 13.8.